The van der Waals surface area contributed by atoms with Crippen molar-refractivity contribution in [1.82, 2.24) is 4.90 Å². The summed E-state index contributed by atoms with van der Waals surface area (Å²) in [6.45, 7) is 1.62. The molecule has 1 fully saturated rings. The van der Waals surface area contributed by atoms with Crippen molar-refractivity contribution in [1.29, 1.82) is 0 Å². The minimum atomic E-state index is -0.0292. The highest BCUT2D eigenvalue weighted by Crippen LogP contribution is 2.18. The van der Waals surface area contributed by atoms with Crippen LogP contribution in [-0.2, 0) is 0 Å². The maximum atomic E-state index is 12.4. The van der Waals surface area contributed by atoms with Crippen LogP contribution in [0.25, 0.3) is 10.8 Å². The molecule has 3 rings (SSSR count). The molecule has 19 heavy (non-hydrogen) atoms. The van der Waals surface area contributed by atoms with Gasteiger partial charge in [-0.25, -0.2) is 0 Å². The number of hydrogen-bond donors (Lipinski definition) is 0. The molecule has 1 aliphatic rings. The monoisotopic (exact) mass is 273 g/mol. The average molecular weight is 273 g/mol. The molecule has 0 atom stereocenters. The van der Waals surface area contributed by atoms with Crippen molar-refractivity contribution in [3.63, 3.8) is 0 Å². The molecule has 1 amide bonds. The van der Waals surface area contributed by atoms with Gasteiger partial charge in [0, 0.05) is 18.5 Å². The number of fused-ring (bicyclic) bond motifs is 1. The Kier molecular flexibility index (Phi) is 3.34. The van der Waals surface area contributed by atoms with Gasteiger partial charge in [-0.05, 0) is 36.8 Å². The van der Waals surface area contributed by atoms with Crippen LogP contribution in [0.4, 0.5) is 0 Å². The number of piperidine rings is 1. The van der Waals surface area contributed by atoms with Crippen LogP contribution in [0.1, 0.15) is 28.9 Å². The van der Waals surface area contributed by atoms with Gasteiger partial charge in [0.2, 0.25) is 4.74 Å². The summed E-state index contributed by atoms with van der Waals surface area (Å²) in [7, 11) is 0. The molecule has 0 aliphatic carbocycles. The molecule has 1 aromatic carbocycles. The van der Waals surface area contributed by atoms with E-state index in [4.69, 9.17) is 0 Å². The van der Waals surface area contributed by atoms with E-state index >= 15 is 0 Å². The third kappa shape index (κ3) is 2.40. The van der Waals surface area contributed by atoms with Crippen molar-refractivity contribution in [3.05, 3.63) is 44.7 Å². The minimum Gasteiger partial charge on any atom is -0.338 e. The largest absolute Gasteiger partial charge is 0.338 e. The first-order valence-electron chi connectivity index (χ1n) is 6.58. The quantitative estimate of drug-likeness (QED) is 0.801. The predicted molar refractivity (Wildman–Crippen MR) is 77.8 cm³/mol. The van der Waals surface area contributed by atoms with Crippen LogP contribution in [0.5, 0.6) is 0 Å². The van der Waals surface area contributed by atoms with Gasteiger partial charge in [0.25, 0.3) is 5.91 Å². The molecule has 2 aromatic rings. The Bertz CT molecular complexity index is 671. The molecule has 0 N–H and O–H groups in total. The van der Waals surface area contributed by atoms with Gasteiger partial charge in [0.15, 0.2) is 0 Å². The van der Waals surface area contributed by atoms with E-state index in [9.17, 15) is 9.59 Å². The number of amides is 1. The highest BCUT2D eigenvalue weighted by Gasteiger charge is 2.19. The lowest BCUT2D eigenvalue weighted by atomic mass is 10.1. The fraction of sp³-hybridized carbons (Fsp3) is 0.333. The summed E-state index contributed by atoms with van der Waals surface area (Å²) in [5, 5.41) is 1.55. The number of nitrogens with zero attached hydrogens (tertiary/aromatic N) is 1. The van der Waals surface area contributed by atoms with Gasteiger partial charge in [-0.3, -0.25) is 9.59 Å². The summed E-state index contributed by atoms with van der Waals surface area (Å²) in [4.78, 5) is 26.9. The lowest BCUT2D eigenvalue weighted by Gasteiger charge is -2.26. The molecule has 0 radical (unpaired) electrons. The Balaban J connectivity index is 2.00. The molecule has 98 valence electrons. The molecule has 1 aromatic heterocycles. The normalized spacial score (nSPS) is 15.7. The smallest absolute Gasteiger partial charge is 0.264 e. The van der Waals surface area contributed by atoms with E-state index in [2.05, 4.69) is 0 Å². The zero-order valence-electron chi connectivity index (χ0n) is 10.6. The van der Waals surface area contributed by atoms with Gasteiger partial charge in [-0.15, -0.1) is 0 Å². The van der Waals surface area contributed by atoms with Crippen LogP contribution in [-0.4, -0.2) is 23.9 Å². The van der Waals surface area contributed by atoms with E-state index in [0.717, 1.165) is 42.7 Å². The molecule has 1 aliphatic heterocycles. The highest BCUT2D eigenvalue weighted by atomic mass is 32.1. The molecule has 0 unspecified atom stereocenters. The number of carbonyl (C=O) groups excluding carboxylic acids is 1. The maximum absolute atomic E-state index is 12.4. The number of carbonyl (C=O) groups is 1. The maximum Gasteiger partial charge on any atom is 0.264 e. The van der Waals surface area contributed by atoms with Crippen LogP contribution >= 0.6 is 11.3 Å². The van der Waals surface area contributed by atoms with E-state index < -0.39 is 0 Å². The molecule has 1 saturated heterocycles. The van der Waals surface area contributed by atoms with Gasteiger partial charge < -0.3 is 4.90 Å². The second-order valence-electron chi connectivity index (χ2n) is 4.84. The van der Waals surface area contributed by atoms with Crippen LogP contribution in [0.3, 0.4) is 0 Å². The van der Waals surface area contributed by atoms with E-state index in [1.165, 1.54) is 6.42 Å². The summed E-state index contributed by atoms with van der Waals surface area (Å²) < 4.78 is -0.0292. The van der Waals surface area contributed by atoms with Crippen LogP contribution in [0.15, 0.2) is 35.1 Å². The van der Waals surface area contributed by atoms with E-state index in [0.29, 0.717) is 10.3 Å². The molecule has 0 bridgehead atoms. The second-order valence-corrected chi connectivity index (χ2v) is 5.85. The van der Waals surface area contributed by atoms with Gasteiger partial charge in [0.05, 0.1) is 4.88 Å². The molecule has 4 heteroatoms. The van der Waals surface area contributed by atoms with Gasteiger partial charge in [-0.2, -0.15) is 0 Å². The Morgan fingerprint density at radius 3 is 2.63 bits per heavy atom. The third-order valence-corrected chi connectivity index (χ3v) is 4.44. The standard InChI is InChI=1S/C15H15NO2S/c17-14(16-8-4-1-5-9-16)13-10-11-6-2-3-7-12(11)15(18)19-13/h2-3,6-7,10H,1,4-5,8-9H2. The molecule has 0 spiro atoms. The number of hydrogen-bond acceptors (Lipinski definition) is 3. The molecular weight excluding hydrogens is 258 g/mol. The Labute approximate surface area is 115 Å². The minimum absolute atomic E-state index is 0.00699. The Morgan fingerprint density at radius 2 is 1.84 bits per heavy atom. The number of rotatable bonds is 1. The van der Waals surface area contributed by atoms with Crippen molar-refractivity contribution >= 4 is 28.0 Å². The Morgan fingerprint density at radius 1 is 1.11 bits per heavy atom. The van der Waals surface area contributed by atoms with Crippen LogP contribution < -0.4 is 4.74 Å². The molecule has 2 heterocycles. The van der Waals surface area contributed by atoms with Crippen molar-refractivity contribution in [2.24, 2.45) is 0 Å². The zero-order valence-corrected chi connectivity index (χ0v) is 11.4. The first kappa shape index (κ1) is 12.4. The van der Waals surface area contributed by atoms with Crippen molar-refractivity contribution in [3.8, 4) is 0 Å². The SMILES string of the molecule is O=C(c1cc2ccccc2c(=O)s1)N1CCCCC1. The van der Waals surface area contributed by atoms with Gasteiger partial charge in [-0.1, -0.05) is 29.5 Å². The molecule has 0 saturated carbocycles. The topological polar surface area (TPSA) is 37.4 Å². The predicted octanol–water partition coefficient (Wildman–Crippen LogP) is 2.89. The highest BCUT2D eigenvalue weighted by molar-refractivity contribution is 7.12. The van der Waals surface area contributed by atoms with Crippen LogP contribution in [0, 0.1) is 0 Å². The second kappa shape index (κ2) is 5.13. The average Bonchev–Trinajstić information content (AvgIpc) is 2.47. The fourth-order valence-corrected chi connectivity index (χ4v) is 3.39. The zero-order chi connectivity index (χ0) is 13.2. The molecular formula is C15H15NO2S. The lowest BCUT2D eigenvalue weighted by molar-refractivity contribution is 0.0729. The van der Waals surface area contributed by atoms with Crippen LogP contribution in [0.2, 0.25) is 0 Å². The lowest BCUT2D eigenvalue weighted by Crippen LogP contribution is -2.35. The van der Waals surface area contributed by atoms with Crippen molar-refractivity contribution in [2.45, 2.75) is 19.3 Å². The van der Waals surface area contributed by atoms with Crippen molar-refractivity contribution in [2.75, 3.05) is 13.1 Å². The Hall–Kier alpha value is -1.68. The van der Waals surface area contributed by atoms with Gasteiger partial charge >= 0.3 is 0 Å². The van der Waals surface area contributed by atoms with E-state index in [1.54, 1.807) is 0 Å². The van der Waals surface area contributed by atoms with E-state index in [-0.39, 0.29) is 10.6 Å². The number of benzene rings is 1. The van der Waals surface area contributed by atoms with Gasteiger partial charge in [0.1, 0.15) is 0 Å². The fourth-order valence-electron chi connectivity index (χ4n) is 2.49. The summed E-state index contributed by atoms with van der Waals surface area (Å²) in [5.41, 5.74) is 0. The summed E-state index contributed by atoms with van der Waals surface area (Å²) in [5.74, 6) is 0.00699. The third-order valence-electron chi connectivity index (χ3n) is 3.52. The summed E-state index contributed by atoms with van der Waals surface area (Å²) in [6, 6.07) is 9.28. The summed E-state index contributed by atoms with van der Waals surface area (Å²) in [6.07, 6.45) is 3.32. The summed E-state index contributed by atoms with van der Waals surface area (Å²) >= 11 is 1.06. The first-order chi connectivity index (χ1) is 9.25. The van der Waals surface area contributed by atoms with E-state index in [1.807, 2.05) is 35.2 Å². The van der Waals surface area contributed by atoms with Crippen molar-refractivity contribution < 1.29 is 4.79 Å². The molecule has 3 nitrogen and oxygen atoms in total. The number of likely N-dealkylation sites (tertiary alicyclic amines) is 1. The first-order valence-corrected chi connectivity index (χ1v) is 7.39.